The maximum atomic E-state index is 12.2. The van der Waals surface area contributed by atoms with E-state index in [1.165, 1.54) is 31.5 Å². The standard InChI is InChI=1S/C20H23BrN2O2/c21-17-8-10-18(11-9-17)25-15-20(24)22-14-19(23-12-4-5-13-23)16-6-2-1-3-7-16/h1-3,6-11,19H,4-5,12-15H2,(H,22,24)/p+1/t19-/m1/s1. The number of halogens is 1. The monoisotopic (exact) mass is 403 g/mol. The molecule has 2 aromatic rings. The van der Waals surface area contributed by atoms with E-state index >= 15 is 0 Å². The zero-order chi connectivity index (χ0) is 17.5. The van der Waals surface area contributed by atoms with Crippen LogP contribution in [0.25, 0.3) is 0 Å². The first-order valence-electron chi connectivity index (χ1n) is 8.77. The Morgan fingerprint density at radius 1 is 1.08 bits per heavy atom. The van der Waals surface area contributed by atoms with Gasteiger partial charge in [-0.1, -0.05) is 46.3 Å². The Bertz CT molecular complexity index is 670. The first-order valence-corrected chi connectivity index (χ1v) is 9.56. The van der Waals surface area contributed by atoms with Crippen molar-refractivity contribution in [2.45, 2.75) is 18.9 Å². The SMILES string of the molecule is O=C(COc1ccc(Br)cc1)NC[C@H](c1ccccc1)[NH+]1CCCC1. The molecule has 1 atom stereocenters. The summed E-state index contributed by atoms with van der Waals surface area (Å²) >= 11 is 3.38. The van der Waals surface area contributed by atoms with Crippen molar-refractivity contribution >= 4 is 21.8 Å². The molecule has 132 valence electrons. The molecule has 1 saturated heterocycles. The molecule has 0 spiro atoms. The lowest BCUT2D eigenvalue weighted by Gasteiger charge is -2.25. The number of likely N-dealkylation sites (tertiary alicyclic amines) is 1. The van der Waals surface area contributed by atoms with E-state index < -0.39 is 0 Å². The number of hydrogen-bond acceptors (Lipinski definition) is 2. The first-order chi connectivity index (χ1) is 12.2. The van der Waals surface area contributed by atoms with Crippen LogP contribution in [0, 0.1) is 0 Å². The van der Waals surface area contributed by atoms with Gasteiger partial charge in [-0.15, -0.1) is 0 Å². The molecule has 0 radical (unpaired) electrons. The zero-order valence-electron chi connectivity index (χ0n) is 14.2. The minimum absolute atomic E-state index is 0.0402. The minimum Gasteiger partial charge on any atom is -0.484 e. The second-order valence-electron chi connectivity index (χ2n) is 6.38. The van der Waals surface area contributed by atoms with Crippen LogP contribution >= 0.6 is 15.9 Å². The van der Waals surface area contributed by atoms with E-state index in [1.807, 2.05) is 30.3 Å². The number of amides is 1. The molecule has 0 saturated carbocycles. The number of hydrogen-bond donors (Lipinski definition) is 2. The van der Waals surface area contributed by atoms with E-state index in [0.717, 1.165) is 4.47 Å². The van der Waals surface area contributed by atoms with Gasteiger partial charge in [0.05, 0.1) is 19.6 Å². The highest BCUT2D eigenvalue weighted by Crippen LogP contribution is 2.16. The number of benzene rings is 2. The zero-order valence-corrected chi connectivity index (χ0v) is 15.8. The Kier molecular flexibility index (Phi) is 6.48. The summed E-state index contributed by atoms with van der Waals surface area (Å²) in [5.74, 6) is 0.616. The lowest BCUT2D eigenvalue weighted by Crippen LogP contribution is -3.11. The topological polar surface area (TPSA) is 42.8 Å². The van der Waals surface area contributed by atoms with Gasteiger partial charge in [0, 0.05) is 22.9 Å². The molecule has 1 aliphatic heterocycles. The third-order valence-corrected chi connectivity index (χ3v) is 5.16. The van der Waals surface area contributed by atoms with Crippen molar-refractivity contribution in [1.29, 1.82) is 0 Å². The van der Waals surface area contributed by atoms with Crippen LogP contribution in [0.2, 0.25) is 0 Å². The van der Waals surface area contributed by atoms with Crippen molar-refractivity contribution in [3.63, 3.8) is 0 Å². The normalized spacial score (nSPS) is 15.7. The molecule has 0 aliphatic carbocycles. The van der Waals surface area contributed by atoms with Crippen LogP contribution in [0.5, 0.6) is 5.75 Å². The quantitative estimate of drug-likeness (QED) is 0.744. The summed E-state index contributed by atoms with van der Waals surface area (Å²) in [6.07, 6.45) is 2.53. The molecule has 4 nitrogen and oxygen atoms in total. The lowest BCUT2D eigenvalue weighted by molar-refractivity contribution is -0.918. The molecule has 1 fully saturated rings. The fourth-order valence-corrected chi connectivity index (χ4v) is 3.57. The van der Waals surface area contributed by atoms with Gasteiger partial charge in [-0.25, -0.2) is 0 Å². The molecule has 2 aromatic carbocycles. The number of carbonyl (C=O) groups is 1. The smallest absolute Gasteiger partial charge is 0.258 e. The summed E-state index contributed by atoms with van der Waals surface area (Å²) in [5.41, 5.74) is 1.29. The Labute approximate surface area is 157 Å². The molecule has 1 amide bonds. The van der Waals surface area contributed by atoms with Crippen molar-refractivity contribution in [1.82, 2.24) is 5.32 Å². The van der Waals surface area contributed by atoms with Crippen molar-refractivity contribution < 1.29 is 14.4 Å². The third kappa shape index (κ3) is 5.31. The van der Waals surface area contributed by atoms with Crippen molar-refractivity contribution in [2.24, 2.45) is 0 Å². The van der Waals surface area contributed by atoms with Crippen molar-refractivity contribution in [3.8, 4) is 5.75 Å². The molecule has 1 heterocycles. The molecule has 3 rings (SSSR count). The molecule has 25 heavy (non-hydrogen) atoms. The fraction of sp³-hybridized carbons (Fsp3) is 0.350. The highest BCUT2D eigenvalue weighted by Gasteiger charge is 2.27. The largest absolute Gasteiger partial charge is 0.484 e. The Balaban J connectivity index is 1.53. The highest BCUT2D eigenvalue weighted by atomic mass is 79.9. The molecule has 0 bridgehead atoms. The molecular weight excluding hydrogens is 380 g/mol. The maximum absolute atomic E-state index is 12.2. The number of quaternary nitrogens is 1. The summed E-state index contributed by atoms with van der Waals surface area (Å²) in [6, 6.07) is 18.3. The van der Waals surface area contributed by atoms with Crippen LogP contribution in [0.15, 0.2) is 59.1 Å². The van der Waals surface area contributed by atoms with Gasteiger partial charge in [0.25, 0.3) is 5.91 Å². The molecule has 2 N–H and O–H groups in total. The van der Waals surface area contributed by atoms with Crippen LogP contribution in [-0.2, 0) is 4.79 Å². The Morgan fingerprint density at radius 2 is 1.76 bits per heavy atom. The van der Waals surface area contributed by atoms with E-state index in [-0.39, 0.29) is 12.5 Å². The Hall–Kier alpha value is -1.85. The predicted octanol–water partition coefficient (Wildman–Crippen LogP) is 2.36. The summed E-state index contributed by atoms with van der Waals surface area (Å²) in [7, 11) is 0. The van der Waals surface area contributed by atoms with Crippen molar-refractivity contribution in [3.05, 3.63) is 64.6 Å². The second-order valence-corrected chi connectivity index (χ2v) is 7.29. The maximum Gasteiger partial charge on any atom is 0.258 e. The molecule has 5 heteroatoms. The number of ether oxygens (including phenoxy) is 1. The van der Waals surface area contributed by atoms with Crippen LogP contribution < -0.4 is 15.0 Å². The number of nitrogens with one attached hydrogen (secondary N) is 2. The highest BCUT2D eigenvalue weighted by molar-refractivity contribution is 9.10. The van der Waals surface area contributed by atoms with E-state index in [9.17, 15) is 4.79 Å². The lowest BCUT2D eigenvalue weighted by atomic mass is 10.1. The van der Waals surface area contributed by atoms with Crippen LogP contribution in [0.1, 0.15) is 24.4 Å². The molecule has 0 aromatic heterocycles. The summed E-state index contributed by atoms with van der Waals surface area (Å²) in [4.78, 5) is 13.7. The van der Waals surface area contributed by atoms with Gasteiger partial charge in [0.15, 0.2) is 6.61 Å². The van der Waals surface area contributed by atoms with Crippen LogP contribution in [-0.4, -0.2) is 32.1 Å². The van der Waals surface area contributed by atoms with Crippen LogP contribution in [0.3, 0.4) is 0 Å². The average Bonchev–Trinajstić information content (AvgIpc) is 3.17. The van der Waals surface area contributed by atoms with Gasteiger partial charge in [-0.2, -0.15) is 0 Å². The summed E-state index contributed by atoms with van der Waals surface area (Å²) in [6.45, 7) is 3.02. The molecule has 1 aliphatic rings. The Morgan fingerprint density at radius 3 is 2.44 bits per heavy atom. The van der Waals surface area contributed by atoms with E-state index in [4.69, 9.17) is 4.74 Å². The number of rotatable bonds is 7. The fourth-order valence-electron chi connectivity index (χ4n) is 3.31. The van der Waals surface area contributed by atoms with Gasteiger partial charge in [0.2, 0.25) is 0 Å². The molecule has 0 unspecified atom stereocenters. The van der Waals surface area contributed by atoms with Crippen LogP contribution in [0.4, 0.5) is 0 Å². The average molecular weight is 404 g/mol. The minimum atomic E-state index is -0.0811. The first kappa shape index (κ1) is 18.0. The van der Waals surface area contributed by atoms with E-state index in [0.29, 0.717) is 18.3 Å². The predicted molar refractivity (Wildman–Crippen MR) is 102 cm³/mol. The number of carbonyl (C=O) groups excluding carboxylic acids is 1. The van der Waals surface area contributed by atoms with Gasteiger partial charge >= 0.3 is 0 Å². The van der Waals surface area contributed by atoms with Gasteiger partial charge in [-0.05, 0) is 24.3 Å². The summed E-state index contributed by atoms with van der Waals surface area (Å²) < 4.78 is 6.54. The third-order valence-electron chi connectivity index (χ3n) is 4.63. The summed E-state index contributed by atoms with van der Waals surface area (Å²) in [5, 5.41) is 3.05. The van der Waals surface area contributed by atoms with Gasteiger partial charge in [-0.3, -0.25) is 4.79 Å². The second kappa shape index (κ2) is 9.02. The van der Waals surface area contributed by atoms with Crippen molar-refractivity contribution in [2.75, 3.05) is 26.2 Å². The van der Waals surface area contributed by atoms with Gasteiger partial charge < -0.3 is 15.0 Å². The van der Waals surface area contributed by atoms with Gasteiger partial charge in [0.1, 0.15) is 11.8 Å². The van der Waals surface area contributed by atoms with E-state index in [2.05, 4.69) is 45.5 Å². The molecular formula is C20H24BrN2O2+. The van der Waals surface area contributed by atoms with E-state index in [1.54, 1.807) is 4.90 Å².